The van der Waals surface area contributed by atoms with Crippen LogP contribution in [0.15, 0.2) is 54.2 Å². The van der Waals surface area contributed by atoms with Gasteiger partial charge in [0.15, 0.2) is 0 Å². The van der Waals surface area contributed by atoms with E-state index in [9.17, 15) is 9.18 Å². The molecule has 0 aliphatic rings. The normalized spacial score (nSPS) is 11.5. The first-order valence-corrected chi connectivity index (χ1v) is 8.47. The Morgan fingerprint density at radius 3 is 2.79 bits per heavy atom. The van der Waals surface area contributed by atoms with Crippen LogP contribution in [0, 0.1) is 5.82 Å². The second kappa shape index (κ2) is 6.57. The summed E-state index contributed by atoms with van der Waals surface area (Å²) in [5.41, 5.74) is 0.571. The SMILES string of the molecule is CC(C)(CNC(=O)c1cnn(-c2ccccc2F)c1)c1cccs1. The van der Waals surface area contributed by atoms with E-state index in [1.165, 1.54) is 28.0 Å². The van der Waals surface area contributed by atoms with E-state index in [0.29, 0.717) is 17.8 Å². The first-order valence-electron chi connectivity index (χ1n) is 7.59. The topological polar surface area (TPSA) is 46.9 Å². The average molecular weight is 343 g/mol. The van der Waals surface area contributed by atoms with Crippen LogP contribution in [-0.4, -0.2) is 22.2 Å². The molecule has 0 fully saturated rings. The fourth-order valence-corrected chi connectivity index (χ4v) is 3.22. The predicted octanol–water partition coefficient (Wildman–Crippen LogP) is 3.78. The van der Waals surface area contributed by atoms with Crippen LogP contribution >= 0.6 is 11.3 Å². The van der Waals surface area contributed by atoms with Crippen LogP contribution in [0.1, 0.15) is 29.1 Å². The average Bonchev–Trinajstić information content (AvgIpc) is 3.25. The van der Waals surface area contributed by atoms with Gasteiger partial charge in [-0.15, -0.1) is 11.3 Å². The zero-order valence-electron chi connectivity index (χ0n) is 13.5. The third kappa shape index (κ3) is 3.38. The molecule has 0 saturated carbocycles. The standard InChI is InChI=1S/C18H18FN3OS/c1-18(2,16-8-5-9-24-16)12-20-17(23)13-10-21-22(11-13)15-7-4-3-6-14(15)19/h3-11H,12H2,1-2H3,(H,20,23). The molecule has 124 valence electrons. The van der Waals surface area contributed by atoms with Gasteiger partial charge in [0.05, 0.1) is 11.8 Å². The molecule has 0 unspecified atom stereocenters. The lowest BCUT2D eigenvalue weighted by atomic mass is 9.91. The van der Waals surface area contributed by atoms with Gasteiger partial charge in [0.25, 0.3) is 5.91 Å². The van der Waals surface area contributed by atoms with Crippen LogP contribution in [0.3, 0.4) is 0 Å². The third-order valence-electron chi connectivity index (χ3n) is 3.82. The zero-order valence-corrected chi connectivity index (χ0v) is 14.3. The molecule has 0 bridgehead atoms. The number of rotatable bonds is 5. The molecule has 0 aliphatic heterocycles. The summed E-state index contributed by atoms with van der Waals surface area (Å²) in [6.45, 7) is 4.68. The summed E-state index contributed by atoms with van der Waals surface area (Å²) >= 11 is 1.67. The predicted molar refractivity (Wildman–Crippen MR) is 93.2 cm³/mol. The number of nitrogens with one attached hydrogen (secondary N) is 1. The zero-order chi connectivity index (χ0) is 17.2. The van der Waals surface area contributed by atoms with Crippen molar-refractivity contribution < 1.29 is 9.18 Å². The van der Waals surface area contributed by atoms with Crippen LogP contribution < -0.4 is 5.32 Å². The third-order valence-corrected chi connectivity index (χ3v) is 5.06. The van der Waals surface area contributed by atoms with Crippen molar-refractivity contribution in [2.45, 2.75) is 19.3 Å². The summed E-state index contributed by atoms with van der Waals surface area (Å²) in [6, 6.07) is 10.4. The number of thiophene rings is 1. The Morgan fingerprint density at radius 2 is 2.08 bits per heavy atom. The molecule has 24 heavy (non-hydrogen) atoms. The number of aromatic nitrogens is 2. The summed E-state index contributed by atoms with van der Waals surface area (Å²) in [5, 5.41) is 9.03. The van der Waals surface area contributed by atoms with Crippen molar-refractivity contribution in [1.82, 2.24) is 15.1 Å². The molecule has 0 radical (unpaired) electrons. The van der Waals surface area contributed by atoms with E-state index in [0.717, 1.165) is 0 Å². The monoisotopic (exact) mass is 343 g/mol. The molecule has 3 rings (SSSR count). The van der Waals surface area contributed by atoms with Gasteiger partial charge in [0.2, 0.25) is 0 Å². The van der Waals surface area contributed by atoms with Crippen LogP contribution in [0.5, 0.6) is 0 Å². The van der Waals surface area contributed by atoms with Crippen molar-refractivity contribution in [3.63, 3.8) is 0 Å². The molecule has 3 aromatic rings. The largest absolute Gasteiger partial charge is 0.351 e. The van der Waals surface area contributed by atoms with Gasteiger partial charge in [-0.25, -0.2) is 9.07 Å². The molecule has 0 atom stereocenters. The van der Waals surface area contributed by atoms with E-state index in [2.05, 4.69) is 30.3 Å². The molecule has 1 aromatic carbocycles. The summed E-state index contributed by atoms with van der Waals surface area (Å²) in [7, 11) is 0. The lowest BCUT2D eigenvalue weighted by Crippen LogP contribution is -2.36. The first-order chi connectivity index (χ1) is 11.5. The lowest BCUT2D eigenvalue weighted by molar-refractivity contribution is 0.0946. The highest BCUT2D eigenvalue weighted by molar-refractivity contribution is 7.10. The number of para-hydroxylation sites is 1. The van der Waals surface area contributed by atoms with E-state index in [1.807, 2.05) is 11.4 Å². The van der Waals surface area contributed by atoms with Gasteiger partial charge in [-0.1, -0.05) is 32.0 Å². The number of hydrogen-bond acceptors (Lipinski definition) is 3. The van der Waals surface area contributed by atoms with Gasteiger partial charge in [0.1, 0.15) is 11.5 Å². The van der Waals surface area contributed by atoms with Gasteiger partial charge >= 0.3 is 0 Å². The number of nitrogens with zero attached hydrogens (tertiary/aromatic N) is 2. The fourth-order valence-electron chi connectivity index (χ4n) is 2.36. The van der Waals surface area contributed by atoms with Crippen LogP contribution in [-0.2, 0) is 5.41 Å². The molecule has 0 spiro atoms. The summed E-state index contributed by atoms with van der Waals surface area (Å²) in [5.74, 6) is -0.603. The van der Waals surface area contributed by atoms with Gasteiger partial charge in [0, 0.05) is 23.0 Å². The van der Waals surface area contributed by atoms with E-state index in [4.69, 9.17) is 0 Å². The van der Waals surface area contributed by atoms with Gasteiger partial charge < -0.3 is 5.32 Å². The Balaban J connectivity index is 1.70. The maximum Gasteiger partial charge on any atom is 0.254 e. The Labute approximate surface area is 143 Å². The Hall–Kier alpha value is -2.47. The second-order valence-corrected chi connectivity index (χ2v) is 7.12. The van der Waals surface area contributed by atoms with Gasteiger partial charge in [-0.05, 0) is 23.6 Å². The van der Waals surface area contributed by atoms with Gasteiger partial charge in [-0.3, -0.25) is 4.79 Å². The van der Waals surface area contributed by atoms with Crippen LogP contribution in [0.25, 0.3) is 5.69 Å². The number of benzene rings is 1. The van der Waals surface area contributed by atoms with Crippen molar-refractivity contribution in [2.24, 2.45) is 0 Å². The molecule has 1 N–H and O–H groups in total. The number of halogens is 1. The highest BCUT2D eigenvalue weighted by Crippen LogP contribution is 2.26. The molecule has 2 aromatic heterocycles. The lowest BCUT2D eigenvalue weighted by Gasteiger charge is -2.23. The molecule has 4 nitrogen and oxygen atoms in total. The maximum atomic E-state index is 13.8. The number of hydrogen-bond donors (Lipinski definition) is 1. The summed E-state index contributed by atoms with van der Waals surface area (Å²) in [6.07, 6.45) is 2.98. The first kappa shape index (κ1) is 16.4. The minimum Gasteiger partial charge on any atom is -0.351 e. The Kier molecular flexibility index (Phi) is 4.49. The fraction of sp³-hybridized carbons (Fsp3) is 0.222. The maximum absolute atomic E-state index is 13.8. The number of carbonyl (C=O) groups excluding carboxylic acids is 1. The van der Waals surface area contributed by atoms with Gasteiger partial charge in [-0.2, -0.15) is 5.10 Å². The van der Waals surface area contributed by atoms with Crippen molar-refractivity contribution in [2.75, 3.05) is 6.54 Å². The highest BCUT2D eigenvalue weighted by Gasteiger charge is 2.23. The van der Waals surface area contributed by atoms with Crippen LogP contribution in [0.4, 0.5) is 4.39 Å². The van der Waals surface area contributed by atoms with Crippen molar-refractivity contribution in [3.8, 4) is 5.69 Å². The van der Waals surface area contributed by atoms with E-state index in [1.54, 1.807) is 29.5 Å². The molecular formula is C18H18FN3OS. The quantitative estimate of drug-likeness (QED) is 0.766. The molecule has 6 heteroatoms. The summed E-state index contributed by atoms with van der Waals surface area (Å²) < 4.78 is 15.2. The Morgan fingerprint density at radius 1 is 1.29 bits per heavy atom. The number of amides is 1. The van der Waals surface area contributed by atoms with Crippen molar-refractivity contribution >= 4 is 17.2 Å². The smallest absolute Gasteiger partial charge is 0.254 e. The summed E-state index contributed by atoms with van der Waals surface area (Å²) in [4.78, 5) is 13.5. The van der Waals surface area contributed by atoms with Crippen molar-refractivity contribution in [3.05, 3.63) is 70.4 Å². The molecular weight excluding hydrogens is 325 g/mol. The Bertz CT molecular complexity index is 840. The van der Waals surface area contributed by atoms with E-state index < -0.39 is 0 Å². The van der Waals surface area contributed by atoms with Crippen molar-refractivity contribution in [1.29, 1.82) is 0 Å². The second-order valence-electron chi connectivity index (χ2n) is 6.17. The molecule has 0 saturated heterocycles. The number of carbonyl (C=O) groups is 1. The minimum absolute atomic E-state index is 0.147. The highest BCUT2D eigenvalue weighted by atomic mass is 32.1. The van der Waals surface area contributed by atoms with E-state index in [-0.39, 0.29) is 17.1 Å². The molecule has 0 aliphatic carbocycles. The minimum atomic E-state index is -0.383. The molecule has 2 heterocycles. The van der Waals surface area contributed by atoms with E-state index >= 15 is 0 Å². The molecule has 1 amide bonds. The van der Waals surface area contributed by atoms with Crippen LogP contribution in [0.2, 0.25) is 0 Å².